The van der Waals surface area contributed by atoms with Crippen molar-refractivity contribution in [1.82, 2.24) is 15.2 Å². The van der Waals surface area contributed by atoms with Crippen molar-refractivity contribution < 1.29 is 4.79 Å². The summed E-state index contributed by atoms with van der Waals surface area (Å²) < 4.78 is 0. The molecule has 6 nitrogen and oxygen atoms in total. The minimum absolute atomic E-state index is 0.120. The van der Waals surface area contributed by atoms with Gasteiger partial charge in [-0.3, -0.25) is 4.79 Å². The van der Waals surface area contributed by atoms with Gasteiger partial charge in [0.15, 0.2) is 5.13 Å². The van der Waals surface area contributed by atoms with Gasteiger partial charge in [0.2, 0.25) is 0 Å². The molecule has 0 radical (unpaired) electrons. The summed E-state index contributed by atoms with van der Waals surface area (Å²) >= 11 is 1.31. The number of thiazole rings is 1. The van der Waals surface area contributed by atoms with Gasteiger partial charge in [0.25, 0.3) is 5.91 Å². The van der Waals surface area contributed by atoms with Crippen LogP contribution in [0.1, 0.15) is 35.9 Å². The van der Waals surface area contributed by atoms with Gasteiger partial charge in [0.1, 0.15) is 10.7 Å². The van der Waals surface area contributed by atoms with Crippen LogP contribution in [0.25, 0.3) is 0 Å². The van der Waals surface area contributed by atoms with Crippen LogP contribution in [0.15, 0.2) is 0 Å². The van der Waals surface area contributed by atoms with Gasteiger partial charge in [0.05, 0.1) is 0 Å². The number of carbonyl (C=O) groups excluding carboxylic acids is 1. The van der Waals surface area contributed by atoms with E-state index in [9.17, 15) is 4.79 Å². The van der Waals surface area contributed by atoms with Gasteiger partial charge < -0.3 is 21.3 Å². The van der Waals surface area contributed by atoms with Crippen LogP contribution in [-0.2, 0) is 0 Å². The first-order valence-electron chi connectivity index (χ1n) is 7.21. The molecule has 1 aliphatic rings. The number of nitrogens with two attached hydrogens (primary N) is 1. The van der Waals surface area contributed by atoms with E-state index in [-0.39, 0.29) is 5.91 Å². The lowest BCUT2D eigenvalue weighted by atomic mass is 10.3. The second-order valence-corrected chi connectivity index (χ2v) is 5.92. The first-order chi connectivity index (χ1) is 9.70. The maximum atomic E-state index is 12.0. The Morgan fingerprint density at radius 3 is 2.90 bits per heavy atom. The molecule has 112 valence electrons. The second-order valence-electron chi connectivity index (χ2n) is 4.92. The highest BCUT2D eigenvalue weighted by atomic mass is 32.1. The molecular weight excluding hydrogens is 274 g/mol. The topological polar surface area (TPSA) is 83.3 Å². The highest BCUT2D eigenvalue weighted by molar-refractivity contribution is 7.18. The van der Waals surface area contributed by atoms with Gasteiger partial charge in [-0.2, -0.15) is 0 Å². The Morgan fingerprint density at radius 2 is 2.20 bits per heavy atom. The average molecular weight is 297 g/mol. The average Bonchev–Trinajstić information content (AvgIpc) is 3.05. The SMILES string of the molecule is CCNc1nc(N)c(C(=O)NCCCN2CCCC2)s1. The number of likely N-dealkylation sites (tertiary alicyclic amines) is 1. The summed E-state index contributed by atoms with van der Waals surface area (Å²) in [4.78, 5) is 19.1. The zero-order chi connectivity index (χ0) is 14.4. The van der Waals surface area contributed by atoms with E-state index in [1.165, 1.54) is 37.3 Å². The van der Waals surface area contributed by atoms with Crippen LogP contribution in [0.4, 0.5) is 10.9 Å². The molecule has 0 bridgehead atoms. The number of hydrogen-bond acceptors (Lipinski definition) is 6. The van der Waals surface area contributed by atoms with E-state index in [1.807, 2.05) is 6.92 Å². The van der Waals surface area contributed by atoms with Crippen molar-refractivity contribution in [1.29, 1.82) is 0 Å². The van der Waals surface area contributed by atoms with Gasteiger partial charge >= 0.3 is 0 Å². The molecule has 2 heterocycles. The number of hydrogen-bond donors (Lipinski definition) is 3. The Balaban J connectivity index is 1.73. The standard InChI is InChI=1S/C13H23N5OS/c1-2-15-13-17-11(14)10(20-13)12(19)16-6-5-9-18-7-3-4-8-18/h2-9,14H2,1H3,(H,15,17)(H,16,19). The van der Waals surface area contributed by atoms with E-state index < -0.39 is 0 Å². The Bertz CT molecular complexity index is 442. The number of rotatable bonds is 7. The molecule has 7 heteroatoms. The Kier molecular flexibility index (Phi) is 5.60. The van der Waals surface area contributed by atoms with E-state index in [0.29, 0.717) is 22.4 Å². The number of aromatic nitrogens is 1. The molecule has 20 heavy (non-hydrogen) atoms. The quantitative estimate of drug-likeness (QED) is 0.662. The molecule has 1 aliphatic heterocycles. The number of nitrogens with zero attached hydrogens (tertiary/aromatic N) is 2. The van der Waals surface area contributed by atoms with Crippen LogP contribution in [0.2, 0.25) is 0 Å². The van der Waals surface area contributed by atoms with Crippen molar-refractivity contribution in [3.63, 3.8) is 0 Å². The highest BCUT2D eigenvalue weighted by Gasteiger charge is 2.16. The lowest BCUT2D eigenvalue weighted by Crippen LogP contribution is -2.28. The van der Waals surface area contributed by atoms with Gasteiger partial charge in [-0.1, -0.05) is 11.3 Å². The molecule has 1 amide bonds. The molecule has 2 rings (SSSR count). The molecular formula is C13H23N5OS. The van der Waals surface area contributed by atoms with Crippen LogP contribution >= 0.6 is 11.3 Å². The largest absolute Gasteiger partial charge is 0.382 e. The predicted octanol–water partition coefficient (Wildman–Crippen LogP) is 1.37. The van der Waals surface area contributed by atoms with Crippen molar-refractivity contribution in [3.05, 3.63) is 4.88 Å². The number of anilines is 2. The molecule has 1 aromatic heterocycles. The molecule has 4 N–H and O–H groups in total. The van der Waals surface area contributed by atoms with E-state index in [1.54, 1.807) is 0 Å². The number of amides is 1. The molecule has 0 unspecified atom stereocenters. The van der Waals surface area contributed by atoms with E-state index in [2.05, 4.69) is 20.5 Å². The molecule has 0 aromatic carbocycles. The van der Waals surface area contributed by atoms with E-state index in [4.69, 9.17) is 5.73 Å². The van der Waals surface area contributed by atoms with Gasteiger partial charge in [-0.15, -0.1) is 0 Å². The highest BCUT2D eigenvalue weighted by Crippen LogP contribution is 2.24. The fraction of sp³-hybridized carbons (Fsp3) is 0.692. The molecule has 1 aromatic rings. The van der Waals surface area contributed by atoms with E-state index in [0.717, 1.165) is 19.5 Å². The lowest BCUT2D eigenvalue weighted by molar-refractivity contribution is 0.0956. The van der Waals surface area contributed by atoms with Crippen LogP contribution < -0.4 is 16.4 Å². The first kappa shape index (κ1) is 15.1. The van der Waals surface area contributed by atoms with Crippen LogP contribution in [-0.4, -0.2) is 48.5 Å². The molecule has 1 saturated heterocycles. The molecule has 0 spiro atoms. The predicted molar refractivity (Wildman–Crippen MR) is 83.3 cm³/mol. The van der Waals surface area contributed by atoms with Gasteiger partial charge in [0, 0.05) is 13.1 Å². The summed E-state index contributed by atoms with van der Waals surface area (Å²) in [6.07, 6.45) is 3.58. The smallest absolute Gasteiger partial charge is 0.265 e. The molecule has 0 aliphatic carbocycles. The normalized spacial score (nSPS) is 15.4. The Labute approximate surface area is 123 Å². The third-order valence-electron chi connectivity index (χ3n) is 3.32. The van der Waals surface area contributed by atoms with Crippen molar-refractivity contribution >= 4 is 28.2 Å². The van der Waals surface area contributed by atoms with Crippen molar-refractivity contribution in [3.8, 4) is 0 Å². The van der Waals surface area contributed by atoms with Crippen LogP contribution in [0.5, 0.6) is 0 Å². The van der Waals surface area contributed by atoms with Gasteiger partial charge in [-0.05, 0) is 45.8 Å². The Morgan fingerprint density at radius 1 is 1.45 bits per heavy atom. The summed E-state index contributed by atoms with van der Waals surface area (Å²) in [7, 11) is 0. The first-order valence-corrected chi connectivity index (χ1v) is 8.03. The maximum Gasteiger partial charge on any atom is 0.265 e. The minimum atomic E-state index is -0.120. The maximum absolute atomic E-state index is 12.0. The third-order valence-corrected chi connectivity index (χ3v) is 4.35. The van der Waals surface area contributed by atoms with Gasteiger partial charge in [-0.25, -0.2) is 4.98 Å². The summed E-state index contributed by atoms with van der Waals surface area (Å²) in [5, 5.41) is 6.69. The summed E-state index contributed by atoms with van der Waals surface area (Å²) in [5.74, 6) is 0.188. The zero-order valence-corrected chi connectivity index (χ0v) is 12.8. The molecule has 0 atom stereocenters. The number of carbonyl (C=O) groups is 1. The second kappa shape index (κ2) is 7.44. The minimum Gasteiger partial charge on any atom is -0.382 e. The number of nitrogen functional groups attached to an aromatic ring is 1. The Hall–Kier alpha value is -1.34. The van der Waals surface area contributed by atoms with E-state index >= 15 is 0 Å². The zero-order valence-electron chi connectivity index (χ0n) is 11.9. The fourth-order valence-corrected chi connectivity index (χ4v) is 3.18. The monoisotopic (exact) mass is 297 g/mol. The summed E-state index contributed by atoms with van der Waals surface area (Å²) in [6, 6.07) is 0. The van der Waals surface area contributed by atoms with Crippen molar-refractivity contribution in [2.24, 2.45) is 0 Å². The molecule has 1 fully saturated rings. The van der Waals surface area contributed by atoms with Crippen LogP contribution in [0.3, 0.4) is 0 Å². The summed E-state index contributed by atoms with van der Waals surface area (Å²) in [6.45, 7) is 6.88. The third kappa shape index (κ3) is 4.08. The molecule has 0 saturated carbocycles. The fourth-order valence-electron chi connectivity index (χ4n) is 2.31. The van der Waals surface area contributed by atoms with Crippen LogP contribution in [0, 0.1) is 0 Å². The van der Waals surface area contributed by atoms with Crippen molar-refractivity contribution in [2.75, 3.05) is 43.8 Å². The van der Waals surface area contributed by atoms with Crippen molar-refractivity contribution in [2.45, 2.75) is 26.2 Å². The lowest BCUT2D eigenvalue weighted by Gasteiger charge is -2.14. The number of nitrogens with one attached hydrogen (secondary N) is 2. The summed E-state index contributed by atoms with van der Waals surface area (Å²) in [5.41, 5.74) is 5.77.